The number of ether oxygens (including phenoxy) is 2. The van der Waals surface area contributed by atoms with Crippen molar-refractivity contribution in [1.29, 1.82) is 0 Å². The Bertz CT molecular complexity index is 816. The van der Waals surface area contributed by atoms with Crippen LogP contribution in [-0.4, -0.2) is 47.6 Å². The molecular formula is C23H32O7. The number of esters is 2. The summed E-state index contributed by atoms with van der Waals surface area (Å²) in [6, 6.07) is 0. The SMILES string of the molecule is CC(=O)O[C@H]1[C@H](CO)[C@@H]2CC[C@@]3(CO)c4cocc4CC[C@@H]3[C@@]2(C)C[C@H]1OC(C)=O. The van der Waals surface area contributed by atoms with Crippen molar-refractivity contribution in [2.45, 2.75) is 70.5 Å². The first-order valence-corrected chi connectivity index (χ1v) is 10.9. The van der Waals surface area contributed by atoms with Gasteiger partial charge in [-0.25, -0.2) is 0 Å². The van der Waals surface area contributed by atoms with Crippen LogP contribution >= 0.6 is 0 Å². The molecule has 0 aliphatic heterocycles. The zero-order valence-electron chi connectivity index (χ0n) is 17.9. The zero-order valence-corrected chi connectivity index (χ0v) is 17.9. The fourth-order valence-electron chi connectivity index (χ4n) is 7.22. The van der Waals surface area contributed by atoms with Crippen molar-refractivity contribution in [2.24, 2.45) is 23.2 Å². The van der Waals surface area contributed by atoms with Gasteiger partial charge in [-0.1, -0.05) is 6.92 Å². The van der Waals surface area contributed by atoms with E-state index in [9.17, 15) is 19.8 Å². The zero-order chi connectivity index (χ0) is 21.7. The molecule has 0 spiro atoms. The Labute approximate surface area is 176 Å². The molecule has 2 N–H and O–H groups in total. The maximum Gasteiger partial charge on any atom is 0.303 e. The molecule has 0 bridgehead atoms. The molecule has 1 aromatic heterocycles. The lowest BCUT2D eigenvalue weighted by atomic mass is 9.42. The van der Waals surface area contributed by atoms with Crippen LogP contribution in [0.3, 0.4) is 0 Å². The number of hydrogen-bond donors (Lipinski definition) is 2. The van der Waals surface area contributed by atoms with Gasteiger partial charge in [0.2, 0.25) is 0 Å². The van der Waals surface area contributed by atoms with E-state index in [1.54, 1.807) is 12.5 Å². The summed E-state index contributed by atoms with van der Waals surface area (Å²) in [6.07, 6.45) is 6.14. The number of fused-ring (bicyclic) bond motifs is 5. The second-order valence-electron chi connectivity index (χ2n) is 9.64. The lowest BCUT2D eigenvalue weighted by molar-refractivity contribution is -0.212. The number of furan rings is 1. The van der Waals surface area contributed by atoms with Gasteiger partial charge >= 0.3 is 11.9 Å². The first-order valence-electron chi connectivity index (χ1n) is 10.9. The first-order chi connectivity index (χ1) is 14.3. The maximum absolute atomic E-state index is 11.9. The Morgan fingerprint density at radius 3 is 2.53 bits per heavy atom. The van der Waals surface area contributed by atoms with Gasteiger partial charge in [0.25, 0.3) is 0 Å². The number of hydrogen-bond acceptors (Lipinski definition) is 7. The molecule has 30 heavy (non-hydrogen) atoms. The Morgan fingerprint density at radius 1 is 1.17 bits per heavy atom. The summed E-state index contributed by atoms with van der Waals surface area (Å²) in [5.74, 6) is -0.957. The van der Waals surface area contributed by atoms with Gasteiger partial charge in [-0.05, 0) is 54.9 Å². The van der Waals surface area contributed by atoms with E-state index in [0.717, 1.165) is 36.8 Å². The number of carbonyl (C=O) groups is 2. The molecule has 0 aromatic carbocycles. The smallest absolute Gasteiger partial charge is 0.303 e. The van der Waals surface area contributed by atoms with E-state index >= 15 is 0 Å². The van der Waals surface area contributed by atoms with E-state index in [1.165, 1.54) is 13.8 Å². The van der Waals surface area contributed by atoms with Crippen LogP contribution in [0, 0.1) is 23.2 Å². The molecule has 0 saturated heterocycles. The van der Waals surface area contributed by atoms with E-state index in [0.29, 0.717) is 6.42 Å². The predicted molar refractivity (Wildman–Crippen MR) is 106 cm³/mol. The van der Waals surface area contributed by atoms with Crippen molar-refractivity contribution in [3.05, 3.63) is 23.7 Å². The molecule has 7 atom stereocenters. The maximum atomic E-state index is 11.9. The molecule has 4 rings (SSSR count). The summed E-state index contributed by atoms with van der Waals surface area (Å²) in [7, 11) is 0. The summed E-state index contributed by atoms with van der Waals surface area (Å²) in [6.45, 7) is 4.77. The molecule has 3 aliphatic carbocycles. The Kier molecular flexibility index (Phi) is 5.47. The van der Waals surface area contributed by atoms with Gasteiger partial charge in [0, 0.05) is 37.4 Å². The number of aliphatic hydroxyl groups excluding tert-OH is 2. The minimum absolute atomic E-state index is 0.0297. The van der Waals surface area contributed by atoms with Gasteiger partial charge in [0.1, 0.15) is 12.2 Å². The standard InChI is InChI=1S/C23H32O7/c1-13(26)29-19-8-22(3)17(16(9-24)21(19)30-14(2)27)6-7-23(12-25)18-11-28-10-15(18)4-5-20(22)23/h10-11,16-17,19-21,24-25H,4-9,12H2,1-3H3/t16-,17+,19-,20-,21+,22+,23-/m1/s1. The van der Waals surface area contributed by atoms with Gasteiger partial charge in [-0.15, -0.1) is 0 Å². The summed E-state index contributed by atoms with van der Waals surface area (Å²) in [5.41, 5.74) is 1.56. The van der Waals surface area contributed by atoms with Crippen molar-refractivity contribution >= 4 is 11.9 Å². The highest BCUT2D eigenvalue weighted by atomic mass is 16.6. The highest BCUT2D eigenvalue weighted by molar-refractivity contribution is 5.67. The van der Waals surface area contributed by atoms with Crippen LogP contribution < -0.4 is 0 Å². The average Bonchev–Trinajstić information content (AvgIpc) is 3.17. The third kappa shape index (κ3) is 3.09. The van der Waals surface area contributed by atoms with Gasteiger partial charge in [-0.3, -0.25) is 9.59 Å². The second-order valence-corrected chi connectivity index (χ2v) is 9.64. The molecule has 166 valence electrons. The quantitative estimate of drug-likeness (QED) is 0.720. The van der Waals surface area contributed by atoms with Crippen molar-refractivity contribution in [3.63, 3.8) is 0 Å². The minimum Gasteiger partial charge on any atom is -0.472 e. The van der Waals surface area contributed by atoms with Crippen LogP contribution in [0.15, 0.2) is 16.9 Å². The fourth-order valence-corrected chi connectivity index (χ4v) is 7.22. The minimum atomic E-state index is -0.663. The second kappa shape index (κ2) is 7.68. The molecule has 2 fully saturated rings. The number of aryl methyl sites for hydroxylation is 1. The lowest BCUT2D eigenvalue weighted by Gasteiger charge is -2.63. The van der Waals surface area contributed by atoms with E-state index in [1.807, 2.05) is 0 Å². The van der Waals surface area contributed by atoms with Crippen molar-refractivity contribution < 1.29 is 33.7 Å². The molecule has 1 aromatic rings. The summed E-state index contributed by atoms with van der Waals surface area (Å²) in [4.78, 5) is 23.6. The van der Waals surface area contributed by atoms with Crippen LogP contribution in [0.25, 0.3) is 0 Å². The Morgan fingerprint density at radius 2 is 1.90 bits per heavy atom. The average molecular weight is 421 g/mol. The third-order valence-corrected chi connectivity index (χ3v) is 8.25. The van der Waals surface area contributed by atoms with Crippen molar-refractivity contribution in [2.75, 3.05) is 13.2 Å². The van der Waals surface area contributed by atoms with Gasteiger partial charge in [-0.2, -0.15) is 0 Å². The van der Waals surface area contributed by atoms with Crippen molar-refractivity contribution in [1.82, 2.24) is 0 Å². The molecule has 0 unspecified atom stereocenters. The van der Waals surface area contributed by atoms with Crippen LogP contribution in [0.4, 0.5) is 0 Å². The molecule has 0 radical (unpaired) electrons. The predicted octanol–water partition coefficient (Wildman–Crippen LogP) is 2.36. The summed E-state index contributed by atoms with van der Waals surface area (Å²) in [5, 5.41) is 20.9. The first kappa shape index (κ1) is 21.4. The molecular weight excluding hydrogens is 388 g/mol. The molecule has 1 heterocycles. The largest absolute Gasteiger partial charge is 0.472 e. The van der Waals surface area contributed by atoms with Crippen LogP contribution in [0.5, 0.6) is 0 Å². The third-order valence-electron chi connectivity index (χ3n) is 8.25. The molecule has 2 saturated carbocycles. The van der Waals surface area contributed by atoms with E-state index in [2.05, 4.69) is 6.92 Å². The van der Waals surface area contributed by atoms with E-state index in [4.69, 9.17) is 13.9 Å². The molecule has 7 heteroatoms. The molecule has 7 nitrogen and oxygen atoms in total. The van der Waals surface area contributed by atoms with Gasteiger partial charge < -0.3 is 24.1 Å². The highest BCUT2D eigenvalue weighted by Gasteiger charge is 2.64. The fraction of sp³-hybridized carbons (Fsp3) is 0.739. The summed E-state index contributed by atoms with van der Waals surface area (Å²) >= 11 is 0. The Hall–Kier alpha value is -1.86. The van der Waals surface area contributed by atoms with Crippen LogP contribution in [0.1, 0.15) is 57.6 Å². The molecule has 3 aliphatic rings. The van der Waals surface area contributed by atoms with Crippen molar-refractivity contribution in [3.8, 4) is 0 Å². The van der Waals surface area contributed by atoms with E-state index < -0.39 is 29.6 Å². The number of aliphatic hydroxyl groups is 2. The number of carbonyl (C=O) groups excluding carboxylic acids is 2. The highest BCUT2D eigenvalue weighted by Crippen LogP contribution is 2.64. The lowest BCUT2D eigenvalue weighted by Crippen LogP contribution is -2.64. The monoisotopic (exact) mass is 420 g/mol. The van der Waals surface area contributed by atoms with Gasteiger partial charge in [0.05, 0.1) is 19.1 Å². The normalized spacial score (nSPS) is 40.0. The Balaban J connectivity index is 1.77. The van der Waals surface area contributed by atoms with E-state index in [-0.39, 0.29) is 36.4 Å². The number of rotatable bonds is 4. The van der Waals surface area contributed by atoms with Crippen LogP contribution in [-0.2, 0) is 30.9 Å². The van der Waals surface area contributed by atoms with Crippen LogP contribution in [0.2, 0.25) is 0 Å². The topological polar surface area (TPSA) is 106 Å². The molecule has 0 amide bonds. The van der Waals surface area contributed by atoms with Gasteiger partial charge in [0.15, 0.2) is 0 Å². The summed E-state index contributed by atoms with van der Waals surface area (Å²) < 4.78 is 16.7.